The molecule has 2 aromatic rings. The van der Waals surface area contributed by atoms with Crippen LogP contribution in [0.3, 0.4) is 0 Å². The number of ether oxygens (including phenoxy) is 2. The van der Waals surface area contributed by atoms with Crippen molar-refractivity contribution in [2.75, 3.05) is 20.0 Å². The summed E-state index contributed by atoms with van der Waals surface area (Å²) < 4.78 is 12.1. The van der Waals surface area contributed by atoms with Crippen LogP contribution in [0.4, 0.5) is 5.82 Å². The van der Waals surface area contributed by atoms with Crippen LogP contribution in [0, 0.1) is 0 Å². The van der Waals surface area contributed by atoms with E-state index >= 15 is 0 Å². The summed E-state index contributed by atoms with van der Waals surface area (Å²) >= 11 is 0. The van der Waals surface area contributed by atoms with Crippen molar-refractivity contribution in [3.8, 4) is 22.8 Å². The average molecular weight is 261 g/mol. The third-order valence-corrected chi connectivity index (χ3v) is 2.87. The van der Waals surface area contributed by atoms with Gasteiger partial charge in [-0.3, -0.25) is 9.48 Å². The molecule has 19 heavy (non-hydrogen) atoms. The fraction of sp³-hybridized carbons (Fsp3) is 0.231. The normalized spacial score (nSPS) is 10.3. The zero-order chi connectivity index (χ0) is 14.0. The summed E-state index contributed by atoms with van der Waals surface area (Å²) in [6.45, 7) is 0. The standard InChI is InChI=1S/C13H15N3O3/c1-16-11(14)6-10(15-16)9-5-4-8(7-17)12(18-2)13(9)19-3/h4-7H,14H2,1-3H3. The molecule has 2 rings (SSSR count). The van der Waals surface area contributed by atoms with Gasteiger partial charge in [-0.15, -0.1) is 0 Å². The Morgan fingerprint density at radius 3 is 2.42 bits per heavy atom. The number of hydrogen-bond donors (Lipinski definition) is 1. The van der Waals surface area contributed by atoms with Gasteiger partial charge in [0.2, 0.25) is 0 Å². The minimum atomic E-state index is 0.388. The van der Waals surface area contributed by atoms with Gasteiger partial charge in [0.25, 0.3) is 0 Å². The lowest BCUT2D eigenvalue weighted by Gasteiger charge is -2.13. The zero-order valence-corrected chi connectivity index (χ0v) is 11.0. The molecule has 6 nitrogen and oxygen atoms in total. The van der Waals surface area contributed by atoms with Gasteiger partial charge in [0.05, 0.1) is 25.5 Å². The molecule has 0 fully saturated rings. The van der Waals surface area contributed by atoms with Gasteiger partial charge in [0.15, 0.2) is 17.8 Å². The number of anilines is 1. The lowest BCUT2D eigenvalue weighted by atomic mass is 10.1. The minimum Gasteiger partial charge on any atom is -0.492 e. The molecule has 1 heterocycles. The summed E-state index contributed by atoms with van der Waals surface area (Å²) in [5.41, 5.74) is 7.57. The molecule has 0 aliphatic heterocycles. The summed E-state index contributed by atoms with van der Waals surface area (Å²) in [6, 6.07) is 5.15. The molecule has 0 bridgehead atoms. The third kappa shape index (κ3) is 2.12. The van der Waals surface area contributed by atoms with E-state index < -0.39 is 0 Å². The molecule has 2 N–H and O–H groups in total. The molecule has 0 saturated heterocycles. The molecule has 0 aliphatic rings. The van der Waals surface area contributed by atoms with Crippen LogP contribution in [0.15, 0.2) is 18.2 Å². The number of rotatable bonds is 4. The SMILES string of the molecule is COc1c(C=O)ccc(-c2cc(N)n(C)n2)c1OC. The number of benzene rings is 1. The van der Waals surface area contributed by atoms with Gasteiger partial charge in [0.1, 0.15) is 5.82 Å². The Morgan fingerprint density at radius 1 is 1.26 bits per heavy atom. The molecule has 100 valence electrons. The van der Waals surface area contributed by atoms with Gasteiger partial charge < -0.3 is 15.2 Å². The van der Waals surface area contributed by atoms with Crippen LogP contribution in [0.2, 0.25) is 0 Å². The second-order valence-corrected chi connectivity index (χ2v) is 3.96. The van der Waals surface area contributed by atoms with Crippen molar-refractivity contribution in [3.05, 3.63) is 23.8 Å². The molecule has 0 spiro atoms. The Hall–Kier alpha value is -2.50. The number of nitrogens with zero attached hydrogens (tertiary/aromatic N) is 2. The Kier molecular flexibility index (Phi) is 3.41. The Bertz CT molecular complexity index is 600. The van der Waals surface area contributed by atoms with Crippen LogP contribution in [0.25, 0.3) is 11.3 Å². The molecule has 0 saturated carbocycles. The van der Waals surface area contributed by atoms with E-state index in [2.05, 4.69) is 5.10 Å². The summed E-state index contributed by atoms with van der Waals surface area (Å²) in [7, 11) is 4.76. The molecule has 1 aromatic carbocycles. The van der Waals surface area contributed by atoms with E-state index in [4.69, 9.17) is 15.2 Å². The van der Waals surface area contributed by atoms with Crippen LogP contribution < -0.4 is 15.2 Å². The highest BCUT2D eigenvalue weighted by molar-refractivity contribution is 5.86. The quantitative estimate of drug-likeness (QED) is 0.844. The van der Waals surface area contributed by atoms with Crippen molar-refractivity contribution in [3.63, 3.8) is 0 Å². The Balaban J connectivity index is 2.66. The van der Waals surface area contributed by atoms with Crippen molar-refractivity contribution in [2.24, 2.45) is 7.05 Å². The van der Waals surface area contributed by atoms with E-state index in [-0.39, 0.29) is 0 Å². The molecular weight excluding hydrogens is 246 g/mol. The molecule has 0 aliphatic carbocycles. The summed E-state index contributed by atoms with van der Waals surface area (Å²) in [4.78, 5) is 11.0. The van der Waals surface area contributed by atoms with Gasteiger partial charge >= 0.3 is 0 Å². The largest absolute Gasteiger partial charge is 0.492 e. The van der Waals surface area contributed by atoms with E-state index in [0.29, 0.717) is 28.6 Å². The maximum absolute atomic E-state index is 11.0. The van der Waals surface area contributed by atoms with Crippen LogP contribution in [-0.2, 0) is 7.05 Å². The van der Waals surface area contributed by atoms with Crippen molar-refractivity contribution >= 4 is 12.1 Å². The molecule has 1 aromatic heterocycles. The Morgan fingerprint density at radius 2 is 1.95 bits per heavy atom. The lowest BCUT2D eigenvalue weighted by Crippen LogP contribution is -1.98. The predicted octanol–water partition coefficient (Wildman–Crippen LogP) is 1.50. The van der Waals surface area contributed by atoms with Gasteiger partial charge in [-0.25, -0.2) is 0 Å². The number of nitrogen functional groups attached to an aromatic ring is 1. The number of carbonyl (C=O) groups is 1. The first-order valence-corrected chi connectivity index (χ1v) is 5.62. The van der Waals surface area contributed by atoms with E-state index in [0.717, 1.165) is 11.8 Å². The van der Waals surface area contributed by atoms with Crippen LogP contribution in [0.1, 0.15) is 10.4 Å². The molecule has 6 heteroatoms. The van der Waals surface area contributed by atoms with Crippen molar-refractivity contribution in [2.45, 2.75) is 0 Å². The third-order valence-electron chi connectivity index (χ3n) is 2.87. The number of aldehydes is 1. The van der Waals surface area contributed by atoms with Gasteiger partial charge in [-0.1, -0.05) is 0 Å². The van der Waals surface area contributed by atoms with Crippen LogP contribution >= 0.6 is 0 Å². The number of carbonyl (C=O) groups excluding carboxylic acids is 1. The zero-order valence-electron chi connectivity index (χ0n) is 11.0. The number of nitrogens with two attached hydrogens (primary N) is 1. The summed E-state index contributed by atoms with van der Waals surface area (Å²) in [6.07, 6.45) is 0.720. The fourth-order valence-corrected chi connectivity index (χ4v) is 1.90. The maximum Gasteiger partial charge on any atom is 0.171 e. The molecular formula is C13H15N3O3. The van der Waals surface area contributed by atoms with Crippen molar-refractivity contribution < 1.29 is 14.3 Å². The average Bonchev–Trinajstić information content (AvgIpc) is 2.76. The molecule has 0 amide bonds. The van der Waals surface area contributed by atoms with Crippen LogP contribution in [0.5, 0.6) is 11.5 Å². The van der Waals surface area contributed by atoms with Gasteiger partial charge in [0, 0.05) is 18.7 Å². The monoisotopic (exact) mass is 261 g/mol. The topological polar surface area (TPSA) is 79.4 Å². The minimum absolute atomic E-state index is 0.388. The second-order valence-electron chi connectivity index (χ2n) is 3.96. The number of methoxy groups -OCH3 is 2. The molecule has 0 radical (unpaired) electrons. The summed E-state index contributed by atoms with van der Waals surface area (Å²) in [5.74, 6) is 1.39. The van der Waals surface area contributed by atoms with Crippen LogP contribution in [-0.4, -0.2) is 30.3 Å². The van der Waals surface area contributed by atoms with Crippen molar-refractivity contribution in [1.82, 2.24) is 9.78 Å². The fourth-order valence-electron chi connectivity index (χ4n) is 1.90. The van der Waals surface area contributed by atoms with E-state index in [1.54, 1.807) is 29.9 Å². The highest BCUT2D eigenvalue weighted by Crippen LogP contribution is 2.39. The maximum atomic E-state index is 11.0. The first-order chi connectivity index (χ1) is 9.12. The molecule has 0 unspecified atom stereocenters. The predicted molar refractivity (Wildman–Crippen MR) is 71.5 cm³/mol. The Labute approximate surface area is 110 Å². The molecule has 0 atom stereocenters. The lowest BCUT2D eigenvalue weighted by molar-refractivity contribution is 0.112. The number of aromatic nitrogens is 2. The van der Waals surface area contributed by atoms with Gasteiger partial charge in [-0.2, -0.15) is 5.10 Å². The first kappa shape index (κ1) is 12.9. The number of hydrogen-bond acceptors (Lipinski definition) is 5. The second kappa shape index (κ2) is 5.01. The van der Waals surface area contributed by atoms with E-state index in [1.807, 2.05) is 0 Å². The first-order valence-electron chi connectivity index (χ1n) is 5.62. The smallest absolute Gasteiger partial charge is 0.171 e. The number of aryl methyl sites for hydroxylation is 1. The highest BCUT2D eigenvalue weighted by atomic mass is 16.5. The highest BCUT2D eigenvalue weighted by Gasteiger charge is 2.18. The van der Waals surface area contributed by atoms with Crippen molar-refractivity contribution in [1.29, 1.82) is 0 Å². The van der Waals surface area contributed by atoms with E-state index in [1.165, 1.54) is 14.2 Å². The van der Waals surface area contributed by atoms with Gasteiger partial charge in [-0.05, 0) is 12.1 Å². The summed E-state index contributed by atoms with van der Waals surface area (Å²) in [5, 5.41) is 4.29. The van der Waals surface area contributed by atoms with E-state index in [9.17, 15) is 4.79 Å².